The fourth-order valence-corrected chi connectivity index (χ4v) is 4.86. The maximum atomic E-state index is 13.6. The SMILES string of the molecule is C[C@H](c1nnc(SCC(=O)Nc2ccccc2C(F)(F)F)n1-c1ccc(F)cc1)N1CCCCC1. The van der Waals surface area contributed by atoms with Crippen molar-refractivity contribution in [2.24, 2.45) is 0 Å². The zero-order valence-corrected chi connectivity index (χ0v) is 19.9. The Balaban J connectivity index is 1.55. The maximum absolute atomic E-state index is 13.6. The number of nitrogens with one attached hydrogen (secondary N) is 1. The van der Waals surface area contributed by atoms with Gasteiger partial charge in [-0.3, -0.25) is 14.3 Å². The number of benzene rings is 2. The number of likely N-dealkylation sites (tertiary alicyclic amines) is 1. The standard InChI is InChI=1S/C24H25F4N5OS/c1-16(32-13-5-2-6-14-32)22-30-31-23(33(22)18-11-9-17(25)10-12-18)35-15-21(34)29-20-8-4-3-7-19(20)24(26,27)28/h3-4,7-12,16H,2,5-6,13-15H2,1H3,(H,29,34)/t16-/m1/s1. The largest absolute Gasteiger partial charge is 0.418 e. The van der Waals surface area contributed by atoms with Crippen LogP contribution in [0.1, 0.15) is 43.6 Å². The molecule has 0 radical (unpaired) electrons. The Morgan fingerprint density at radius 1 is 1.06 bits per heavy atom. The van der Waals surface area contributed by atoms with Crippen LogP contribution < -0.4 is 5.32 Å². The molecule has 186 valence electrons. The molecule has 0 unspecified atom stereocenters. The number of carbonyl (C=O) groups excluding carboxylic acids is 1. The highest BCUT2D eigenvalue weighted by molar-refractivity contribution is 7.99. The summed E-state index contributed by atoms with van der Waals surface area (Å²) < 4.78 is 55.1. The summed E-state index contributed by atoms with van der Waals surface area (Å²) in [5.41, 5.74) is -0.573. The number of para-hydroxylation sites is 1. The van der Waals surface area contributed by atoms with Crippen LogP contribution in [0.4, 0.5) is 23.2 Å². The summed E-state index contributed by atoms with van der Waals surface area (Å²) >= 11 is 1.06. The van der Waals surface area contributed by atoms with E-state index in [4.69, 9.17) is 0 Å². The van der Waals surface area contributed by atoms with Gasteiger partial charge in [0.1, 0.15) is 5.82 Å². The van der Waals surface area contributed by atoms with Gasteiger partial charge in [0.25, 0.3) is 0 Å². The highest BCUT2D eigenvalue weighted by Crippen LogP contribution is 2.35. The minimum atomic E-state index is -4.58. The fraction of sp³-hybridized carbons (Fsp3) is 0.375. The number of carbonyl (C=O) groups is 1. The Labute approximate surface area is 204 Å². The molecule has 1 atom stereocenters. The first kappa shape index (κ1) is 25.2. The highest BCUT2D eigenvalue weighted by atomic mass is 32.2. The first-order valence-corrected chi connectivity index (χ1v) is 12.3. The number of halogens is 4. The Morgan fingerprint density at radius 3 is 2.43 bits per heavy atom. The number of rotatable bonds is 7. The molecule has 0 aliphatic carbocycles. The van der Waals surface area contributed by atoms with E-state index in [1.54, 1.807) is 16.7 Å². The van der Waals surface area contributed by atoms with Gasteiger partial charge in [0.05, 0.1) is 23.0 Å². The van der Waals surface area contributed by atoms with Gasteiger partial charge >= 0.3 is 6.18 Å². The molecule has 11 heteroatoms. The van der Waals surface area contributed by atoms with Crippen LogP contribution in [-0.4, -0.2) is 44.4 Å². The first-order valence-electron chi connectivity index (χ1n) is 11.3. The molecule has 1 amide bonds. The first-order chi connectivity index (χ1) is 16.7. The van der Waals surface area contributed by atoms with Crippen LogP contribution in [0, 0.1) is 5.82 Å². The number of nitrogens with zero attached hydrogens (tertiary/aromatic N) is 4. The van der Waals surface area contributed by atoms with Crippen molar-refractivity contribution in [2.75, 3.05) is 24.2 Å². The molecule has 0 spiro atoms. The molecule has 1 fully saturated rings. The van der Waals surface area contributed by atoms with E-state index in [-0.39, 0.29) is 23.3 Å². The molecule has 0 saturated carbocycles. The average Bonchev–Trinajstić information content (AvgIpc) is 3.27. The van der Waals surface area contributed by atoms with E-state index in [0.29, 0.717) is 16.7 Å². The second-order valence-electron chi connectivity index (χ2n) is 8.31. The number of anilines is 1. The predicted octanol–water partition coefficient (Wildman–Crippen LogP) is 5.70. The van der Waals surface area contributed by atoms with Crippen molar-refractivity contribution < 1.29 is 22.4 Å². The minimum Gasteiger partial charge on any atom is -0.325 e. The van der Waals surface area contributed by atoms with Gasteiger partial charge in [0.2, 0.25) is 5.91 Å². The Bertz CT molecular complexity index is 1160. The van der Waals surface area contributed by atoms with Gasteiger partial charge in [-0.05, 0) is 69.3 Å². The average molecular weight is 508 g/mol. The van der Waals surface area contributed by atoms with Crippen LogP contribution in [0.5, 0.6) is 0 Å². The highest BCUT2D eigenvalue weighted by Gasteiger charge is 2.33. The predicted molar refractivity (Wildman–Crippen MR) is 126 cm³/mol. The fourth-order valence-electron chi connectivity index (χ4n) is 4.10. The molecular formula is C24H25F4N5OS. The van der Waals surface area contributed by atoms with Gasteiger partial charge in [-0.25, -0.2) is 4.39 Å². The van der Waals surface area contributed by atoms with Crippen LogP contribution in [-0.2, 0) is 11.0 Å². The van der Waals surface area contributed by atoms with E-state index in [0.717, 1.165) is 43.8 Å². The smallest absolute Gasteiger partial charge is 0.325 e. The van der Waals surface area contributed by atoms with E-state index < -0.39 is 17.6 Å². The van der Waals surface area contributed by atoms with Gasteiger partial charge in [0.15, 0.2) is 11.0 Å². The van der Waals surface area contributed by atoms with Crippen molar-refractivity contribution in [2.45, 2.75) is 43.6 Å². The lowest BCUT2D eigenvalue weighted by molar-refractivity contribution is -0.137. The van der Waals surface area contributed by atoms with E-state index in [1.807, 2.05) is 6.92 Å². The molecule has 1 N–H and O–H groups in total. The molecule has 3 aromatic rings. The number of piperidine rings is 1. The normalized spacial score (nSPS) is 15.7. The molecular weight excluding hydrogens is 482 g/mol. The van der Waals surface area contributed by atoms with Crippen LogP contribution in [0.2, 0.25) is 0 Å². The third-order valence-corrected chi connectivity index (χ3v) is 6.82. The van der Waals surface area contributed by atoms with Crippen LogP contribution >= 0.6 is 11.8 Å². The van der Waals surface area contributed by atoms with Gasteiger partial charge in [-0.15, -0.1) is 10.2 Å². The molecule has 1 aliphatic rings. The molecule has 35 heavy (non-hydrogen) atoms. The molecule has 1 aliphatic heterocycles. The number of amides is 1. The van der Waals surface area contributed by atoms with E-state index in [9.17, 15) is 22.4 Å². The Morgan fingerprint density at radius 2 is 1.74 bits per heavy atom. The third-order valence-electron chi connectivity index (χ3n) is 5.89. The third kappa shape index (κ3) is 6.02. The summed E-state index contributed by atoms with van der Waals surface area (Å²) in [6.07, 6.45) is -1.22. The summed E-state index contributed by atoms with van der Waals surface area (Å²) in [6, 6.07) is 10.6. The second-order valence-corrected chi connectivity index (χ2v) is 9.25. The second kappa shape index (κ2) is 10.8. The number of thioether (sulfide) groups is 1. The summed E-state index contributed by atoms with van der Waals surface area (Å²) in [6.45, 7) is 3.90. The number of hydrogen-bond acceptors (Lipinski definition) is 5. The van der Waals surface area contributed by atoms with E-state index in [2.05, 4.69) is 20.4 Å². The van der Waals surface area contributed by atoms with Crippen LogP contribution in [0.25, 0.3) is 5.69 Å². The molecule has 2 heterocycles. The zero-order valence-electron chi connectivity index (χ0n) is 19.1. The number of hydrogen-bond donors (Lipinski definition) is 1. The summed E-state index contributed by atoms with van der Waals surface area (Å²) in [5.74, 6) is -0.511. The molecule has 1 saturated heterocycles. The Kier molecular flexibility index (Phi) is 7.75. The van der Waals surface area contributed by atoms with Crippen molar-refractivity contribution in [3.63, 3.8) is 0 Å². The molecule has 4 rings (SSSR count). The topological polar surface area (TPSA) is 63.1 Å². The monoisotopic (exact) mass is 507 g/mol. The van der Waals surface area contributed by atoms with E-state index >= 15 is 0 Å². The van der Waals surface area contributed by atoms with Crippen molar-refractivity contribution in [3.05, 3.63) is 65.7 Å². The van der Waals surface area contributed by atoms with Crippen molar-refractivity contribution in [3.8, 4) is 5.69 Å². The van der Waals surface area contributed by atoms with Gasteiger partial charge in [-0.2, -0.15) is 13.2 Å². The zero-order chi connectivity index (χ0) is 25.0. The van der Waals surface area contributed by atoms with Crippen molar-refractivity contribution >= 4 is 23.4 Å². The van der Waals surface area contributed by atoms with Gasteiger partial charge < -0.3 is 5.32 Å². The molecule has 2 aromatic carbocycles. The van der Waals surface area contributed by atoms with Crippen molar-refractivity contribution in [1.29, 1.82) is 0 Å². The van der Waals surface area contributed by atoms with Gasteiger partial charge in [-0.1, -0.05) is 30.3 Å². The molecule has 6 nitrogen and oxygen atoms in total. The van der Waals surface area contributed by atoms with E-state index in [1.165, 1.54) is 36.8 Å². The van der Waals surface area contributed by atoms with Crippen LogP contribution in [0.15, 0.2) is 53.7 Å². The van der Waals surface area contributed by atoms with Crippen molar-refractivity contribution in [1.82, 2.24) is 19.7 Å². The summed E-state index contributed by atoms with van der Waals surface area (Å²) in [5, 5.41) is 11.4. The van der Waals surface area contributed by atoms with Crippen LogP contribution in [0.3, 0.4) is 0 Å². The quantitative estimate of drug-likeness (QED) is 0.328. The lowest BCUT2D eigenvalue weighted by Gasteiger charge is -2.31. The lowest BCUT2D eigenvalue weighted by atomic mass is 10.1. The molecule has 0 bridgehead atoms. The van der Waals surface area contributed by atoms with Gasteiger partial charge in [0, 0.05) is 5.69 Å². The Hall–Kier alpha value is -2.92. The number of alkyl halides is 3. The molecule has 1 aromatic heterocycles. The summed E-state index contributed by atoms with van der Waals surface area (Å²) in [4.78, 5) is 14.8. The maximum Gasteiger partial charge on any atom is 0.418 e. The number of aromatic nitrogens is 3. The lowest BCUT2D eigenvalue weighted by Crippen LogP contribution is -2.33. The summed E-state index contributed by atoms with van der Waals surface area (Å²) in [7, 11) is 0. The minimum absolute atomic E-state index is 0.0605.